The first-order valence-corrected chi connectivity index (χ1v) is 10.8. The van der Waals surface area contributed by atoms with Gasteiger partial charge in [0.2, 0.25) is 5.91 Å². The lowest BCUT2D eigenvalue weighted by Crippen LogP contribution is -2.50. The minimum Gasteiger partial charge on any atom is -0.497 e. The Morgan fingerprint density at radius 2 is 1.84 bits per heavy atom. The highest BCUT2D eigenvalue weighted by molar-refractivity contribution is 5.88. The number of rotatable bonds is 11. The van der Waals surface area contributed by atoms with Gasteiger partial charge in [-0.25, -0.2) is 0 Å². The number of aryl methyl sites for hydroxylation is 1. The van der Waals surface area contributed by atoms with Crippen LogP contribution in [0, 0.1) is 13.8 Å². The summed E-state index contributed by atoms with van der Waals surface area (Å²) < 4.78 is 11.2. The van der Waals surface area contributed by atoms with Gasteiger partial charge in [0.05, 0.1) is 7.11 Å². The number of amides is 2. The van der Waals surface area contributed by atoms with Crippen molar-refractivity contribution in [1.82, 2.24) is 10.2 Å². The predicted molar refractivity (Wildman–Crippen MR) is 122 cm³/mol. The van der Waals surface area contributed by atoms with Gasteiger partial charge in [-0.1, -0.05) is 38.1 Å². The topological polar surface area (TPSA) is 67.9 Å². The molecule has 0 saturated heterocycles. The van der Waals surface area contributed by atoms with Crippen LogP contribution in [0.2, 0.25) is 0 Å². The van der Waals surface area contributed by atoms with Crippen LogP contribution in [-0.2, 0) is 16.1 Å². The molecule has 0 fully saturated rings. The molecule has 2 amide bonds. The number of nitrogens with zero attached hydrogens (tertiary/aromatic N) is 1. The SMILES string of the molecule is CCCNC(=O)[C@H](CC)N(Cc1cccc(OC)c1)C(=O)COc1cccc(C)c1C. The summed E-state index contributed by atoms with van der Waals surface area (Å²) in [6.45, 7) is 8.62. The van der Waals surface area contributed by atoms with Crippen molar-refractivity contribution in [2.75, 3.05) is 20.3 Å². The molecule has 1 atom stereocenters. The van der Waals surface area contributed by atoms with Crippen molar-refractivity contribution in [2.24, 2.45) is 0 Å². The van der Waals surface area contributed by atoms with Gasteiger partial charge >= 0.3 is 0 Å². The van der Waals surface area contributed by atoms with Gasteiger partial charge in [0.25, 0.3) is 5.91 Å². The maximum Gasteiger partial charge on any atom is 0.261 e. The van der Waals surface area contributed by atoms with E-state index in [1.807, 2.05) is 70.2 Å². The van der Waals surface area contributed by atoms with Crippen molar-refractivity contribution >= 4 is 11.8 Å². The summed E-state index contributed by atoms with van der Waals surface area (Å²) in [5.41, 5.74) is 2.99. The van der Waals surface area contributed by atoms with Crippen LogP contribution in [0.5, 0.6) is 11.5 Å². The first kappa shape index (κ1) is 24.3. The van der Waals surface area contributed by atoms with Crippen LogP contribution in [0.25, 0.3) is 0 Å². The average Bonchev–Trinajstić information content (AvgIpc) is 2.78. The highest BCUT2D eigenvalue weighted by Gasteiger charge is 2.29. The number of nitrogens with one attached hydrogen (secondary N) is 1. The Labute approximate surface area is 185 Å². The van der Waals surface area contributed by atoms with Gasteiger partial charge in [-0.3, -0.25) is 9.59 Å². The lowest BCUT2D eigenvalue weighted by Gasteiger charge is -2.30. The van der Waals surface area contributed by atoms with Crippen LogP contribution in [0.3, 0.4) is 0 Å². The number of hydrogen-bond acceptors (Lipinski definition) is 4. The maximum absolute atomic E-state index is 13.2. The first-order valence-electron chi connectivity index (χ1n) is 10.8. The summed E-state index contributed by atoms with van der Waals surface area (Å²) in [7, 11) is 1.60. The Morgan fingerprint density at radius 1 is 1.10 bits per heavy atom. The number of carbonyl (C=O) groups excluding carboxylic acids is 2. The highest BCUT2D eigenvalue weighted by Crippen LogP contribution is 2.21. The van der Waals surface area contributed by atoms with Crippen molar-refractivity contribution in [2.45, 2.75) is 53.1 Å². The molecule has 2 rings (SSSR count). The van der Waals surface area contributed by atoms with Gasteiger partial charge in [0.15, 0.2) is 6.61 Å². The molecule has 0 unspecified atom stereocenters. The summed E-state index contributed by atoms with van der Waals surface area (Å²) in [5, 5.41) is 2.92. The molecule has 0 aliphatic heterocycles. The molecule has 6 heteroatoms. The summed E-state index contributed by atoms with van der Waals surface area (Å²) >= 11 is 0. The molecule has 6 nitrogen and oxygen atoms in total. The first-order chi connectivity index (χ1) is 14.9. The summed E-state index contributed by atoms with van der Waals surface area (Å²) in [5.74, 6) is 1.01. The maximum atomic E-state index is 13.2. The number of methoxy groups -OCH3 is 1. The zero-order valence-corrected chi connectivity index (χ0v) is 19.2. The van der Waals surface area contributed by atoms with E-state index < -0.39 is 6.04 Å². The Hall–Kier alpha value is -3.02. The van der Waals surface area contributed by atoms with E-state index in [0.29, 0.717) is 31.0 Å². The molecule has 31 heavy (non-hydrogen) atoms. The molecular weight excluding hydrogens is 392 g/mol. The van der Waals surface area contributed by atoms with Crippen LogP contribution < -0.4 is 14.8 Å². The van der Waals surface area contributed by atoms with Crippen molar-refractivity contribution in [3.8, 4) is 11.5 Å². The van der Waals surface area contributed by atoms with Gasteiger partial charge < -0.3 is 19.7 Å². The Balaban J connectivity index is 2.24. The number of benzene rings is 2. The molecule has 0 bridgehead atoms. The quantitative estimate of drug-likeness (QED) is 0.589. The van der Waals surface area contributed by atoms with Crippen molar-refractivity contribution in [3.63, 3.8) is 0 Å². The van der Waals surface area contributed by atoms with Crippen molar-refractivity contribution < 1.29 is 19.1 Å². The molecule has 0 aliphatic carbocycles. The van der Waals surface area contributed by atoms with E-state index in [1.165, 1.54) is 0 Å². The molecule has 0 spiro atoms. The lowest BCUT2D eigenvalue weighted by molar-refractivity contribution is -0.143. The third-order valence-corrected chi connectivity index (χ3v) is 5.33. The second-order valence-corrected chi connectivity index (χ2v) is 7.57. The fraction of sp³-hybridized carbons (Fsp3) is 0.440. The van der Waals surface area contributed by atoms with Gasteiger partial charge in [0, 0.05) is 13.1 Å². The fourth-order valence-electron chi connectivity index (χ4n) is 3.36. The number of hydrogen-bond donors (Lipinski definition) is 1. The molecule has 2 aromatic carbocycles. The Kier molecular flexibility index (Phi) is 9.38. The summed E-state index contributed by atoms with van der Waals surface area (Å²) in [6.07, 6.45) is 1.34. The van der Waals surface area contributed by atoms with Gasteiger partial charge in [0.1, 0.15) is 17.5 Å². The predicted octanol–water partition coefficient (Wildman–Crippen LogP) is 4.02. The van der Waals surface area contributed by atoms with Gasteiger partial charge in [-0.2, -0.15) is 0 Å². The minimum absolute atomic E-state index is 0.133. The van der Waals surface area contributed by atoms with Crippen LogP contribution in [0.1, 0.15) is 43.4 Å². The van der Waals surface area contributed by atoms with E-state index in [0.717, 1.165) is 23.1 Å². The molecule has 1 N–H and O–H groups in total. The fourth-order valence-corrected chi connectivity index (χ4v) is 3.36. The lowest BCUT2D eigenvalue weighted by atomic mass is 10.1. The molecule has 2 aromatic rings. The molecule has 0 heterocycles. The second kappa shape index (κ2) is 12.0. The Morgan fingerprint density at radius 3 is 2.52 bits per heavy atom. The normalized spacial score (nSPS) is 11.5. The molecule has 0 saturated carbocycles. The van der Waals surface area contributed by atoms with E-state index in [-0.39, 0.29) is 18.4 Å². The molecule has 168 valence electrons. The number of carbonyl (C=O) groups is 2. The van der Waals surface area contributed by atoms with E-state index in [4.69, 9.17) is 9.47 Å². The van der Waals surface area contributed by atoms with Crippen LogP contribution in [0.4, 0.5) is 0 Å². The van der Waals surface area contributed by atoms with Crippen LogP contribution >= 0.6 is 0 Å². The summed E-state index contributed by atoms with van der Waals surface area (Å²) in [6, 6.07) is 12.7. The molecule has 0 aliphatic rings. The third kappa shape index (κ3) is 6.74. The van der Waals surface area contributed by atoms with Gasteiger partial charge in [-0.05, 0) is 61.6 Å². The third-order valence-electron chi connectivity index (χ3n) is 5.33. The van der Waals surface area contributed by atoms with Crippen molar-refractivity contribution in [3.05, 3.63) is 59.2 Å². The average molecular weight is 427 g/mol. The molecular formula is C25H34N2O4. The number of ether oxygens (including phenoxy) is 2. The van der Waals surface area contributed by atoms with Crippen LogP contribution in [-0.4, -0.2) is 43.0 Å². The molecule has 0 radical (unpaired) electrons. The van der Waals surface area contributed by atoms with E-state index in [9.17, 15) is 9.59 Å². The van der Waals surface area contributed by atoms with E-state index in [2.05, 4.69) is 5.32 Å². The van der Waals surface area contributed by atoms with Gasteiger partial charge in [-0.15, -0.1) is 0 Å². The molecule has 0 aromatic heterocycles. The largest absolute Gasteiger partial charge is 0.497 e. The van der Waals surface area contributed by atoms with Crippen molar-refractivity contribution in [1.29, 1.82) is 0 Å². The minimum atomic E-state index is -0.576. The highest BCUT2D eigenvalue weighted by atomic mass is 16.5. The standard InChI is InChI=1S/C25H34N2O4/c1-6-14-26-25(29)22(7-2)27(16-20-11-9-12-21(15-20)30-5)24(28)17-31-23-13-8-10-18(3)19(23)4/h8-13,15,22H,6-7,14,16-17H2,1-5H3,(H,26,29)/t22-/m0/s1. The second-order valence-electron chi connectivity index (χ2n) is 7.57. The zero-order valence-electron chi connectivity index (χ0n) is 19.2. The monoisotopic (exact) mass is 426 g/mol. The zero-order chi connectivity index (χ0) is 22.8. The smallest absolute Gasteiger partial charge is 0.261 e. The Bertz CT molecular complexity index is 882. The summed E-state index contributed by atoms with van der Waals surface area (Å²) in [4.78, 5) is 27.6. The van der Waals surface area contributed by atoms with E-state index >= 15 is 0 Å². The van der Waals surface area contributed by atoms with E-state index in [1.54, 1.807) is 12.0 Å². The van der Waals surface area contributed by atoms with Crippen LogP contribution in [0.15, 0.2) is 42.5 Å².